The minimum absolute atomic E-state index is 0. The fourth-order valence-electron chi connectivity index (χ4n) is 0. The summed E-state index contributed by atoms with van der Waals surface area (Å²) in [5.41, 5.74) is 0. The van der Waals surface area contributed by atoms with Gasteiger partial charge in [0.2, 0.25) is 0 Å². The van der Waals surface area contributed by atoms with E-state index in [4.69, 9.17) is 0 Å². The summed E-state index contributed by atoms with van der Waals surface area (Å²) in [6.45, 7) is 0. The van der Waals surface area contributed by atoms with Gasteiger partial charge in [0.05, 0.1) is 0 Å². The van der Waals surface area contributed by atoms with Crippen LogP contribution >= 0.6 is 0 Å². The van der Waals surface area contributed by atoms with Gasteiger partial charge in [-0.2, -0.15) is 0 Å². The van der Waals surface area contributed by atoms with Gasteiger partial charge in [0.25, 0.3) is 0 Å². The average molecular weight is 317 g/mol. The predicted octanol–water partition coefficient (Wildman–Crippen LogP) is -0.388. The molecule has 4 radical (unpaired) electrons. The van der Waals surface area contributed by atoms with Crippen molar-refractivity contribution in [3.63, 3.8) is 0 Å². The summed E-state index contributed by atoms with van der Waals surface area (Å²) in [7, 11) is 0. The van der Waals surface area contributed by atoms with Gasteiger partial charge in [-0.05, 0) is 0 Å². The van der Waals surface area contributed by atoms with Gasteiger partial charge in [0, 0.05) is 63.0 Å². The molecule has 0 heterocycles. The van der Waals surface area contributed by atoms with E-state index < -0.39 is 0 Å². The molecule has 0 amide bonds. The van der Waals surface area contributed by atoms with Crippen molar-refractivity contribution in [2.75, 3.05) is 0 Å². The first-order chi connectivity index (χ1) is 0. The van der Waals surface area contributed by atoms with Gasteiger partial charge in [-0.25, -0.2) is 0 Å². The van der Waals surface area contributed by atoms with Crippen LogP contribution in [-0.2, 0) is 54.6 Å². The second kappa shape index (κ2) is 21.7. The molecule has 0 atom stereocenters. The van der Waals surface area contributed by atoms with Gasteiger partial charge in [-0.15, -0.1) is 0 Å². The largest absolute Gasteiger partial charge is 0 e. The number of hydrogen-bond donors (Lipinski definition) is 0. The van der Waals surface area contributed by atoms with Crippen molar-refractivity contribution in [2.45, 2.75) is 0 Å². The Morgan fingerprint density at radius 3 is 1.00 bits per heavy atom. The maximum Gasteiger partial charge on any atom is 0 e. The molecule has 0 aromatic carbocycles. The maximum atomic E-state index is 0. The first-order valence-corrected chi connectivity index (χ1v) is 0. The summed E-state index contributed by atoms with van der Waals surface area (Å²) in [6, 6.07) is 0. The van der Waals surface area contributed by atoms with E-state index in [2.05, 4.69) is 0 Å². The third-order valence-corrected chi connectivity index (χ3v) is 0. The van der Waals surface area contributed by atoms with Crippen molar-refractivity contribution in [3.8, 4) is 0 Å². The van der Waals surface area contributed by atoms with E-state index in [1.54, 1.807) is 0 Å². The Morgan fingerprint density at radius 1 is 1.00 bits per heavy atom. The molecule has 0 saturated carbocycles. The third-order valence-electron chi connectivity index (χ3n) is 0. The van der Waals surface area contributed by atoms with Crippen molar-refractivity contribution in [3.05, 3.63) is 0 Å². The van der Waals surface area contributed by atoms with Crippen molar-refractivity contribution in [2.24, 2.45) is 0 Å². The Hall–Kier alpha value is 1.77. The molecule has 30 valence electrons. The third kappa shape index (κ3) is 9.24. The van der Waals surface area contributed by atoms with Crippen LogP contribution in [0.15, 0.2) is 0 Å². The molecule has 4 heavy (non-hydrogen) atoms. The molecule has 0 fully saturated rings. The summed E-state index contributed by atoms with van der Waals surface area (Å²) in [6.07, 6.45) is 0. The Labute approximate surface area is 62.7 Å². The van der Waals surface area contributed by atoms with E-state index in [-0.39, 0.29) is 63.0 Å². The molecule has 4 heteroatoms. The minimum atomic E-state index is 0. The second-order valence-electron chi connectivity index (χ2n) is 0. The summed E-state index contributed by atoms with van der Waals surface area (Å²) in [5, 5.41) is 0. The molecule has 0 saturated heterocycles. The average Bonchev–Trinajstić information content (AvgIpc) is 0. The molecule has 0 bridgehead atoms. The Kier molecular flexibility index (Phi) is 227. The maximum absolute atomic E-state index is 0. The molecule has 0 nitrogen and oxygen atoms in total. The van der Waals surface area contributed by atoms with Gasteiger partial charge >= 0.3 is 0 Å². The molecule has 0 aromatic heterocycles. The molecule has 0 rings (SSSR count). The molecule has 0 aromatic rings. The van der Waals surface area contributed by atoms with Crippen LogP contribution in [0.2, 0.25) is 0 Å². The SMILES string of the molecule is [B].[Cu].[Ni].[W]. The molecule has 0 N–H and O–H groups in total. The van der Waals surface area contributed by atoms with Crippen LogP contribution in [0.1, 0.15) is 0 Å². The zero-order valence-electron chi connectivity index (χ0n) is 1.60. The van der Waals surface area contributed by atoms with Crippen LogP contribution in [0.3, 0.4) is 0 Å². The number of hydrogen-bond acceptors (Lipinski definition) is 0. The van der Waals surface area contributed by atoms with Crippen LogP contribution in [0.4, 0.5) is 0 Å². The Morgan fingerprint density at radius 2 is 1.00 bits per heavy atom. The van der Waals surface area contributed by atoms with Crippen LogP contribution in [-0.4, -0.2) is 8.41 Å². The molecule has 0 spiro atoms. The van der Waals surface area contributed by atoms with Crippen molar-refractivity contribution < 1.29 is 54.6 Å². The molecule has 0 aliphatic heterocycles. The number of rotatable bonds is 0. The molecule has 0 aliphatic carbocycles. The first kappa shape index (κ1) is 42.0. The van der Waals surface area contributed by atoms with E-state index in [0.717, 1.165) is 0 Å². The summed E-state index contributed by atoms with van der Waals surface area (Å²) < 4.78 is 0. The molecular weight excluding hydrogens is 317 g/mol. The predicted molar refractivity (Wildman–Crippen MR) is 5.75 cm³/mol. The molecule has 0 unspecified atom stereocenters. The van der Waals surface area contributed by atoms with E-state index >= 15 is 0 Å². The zero-order chi connectivity index (χ0) is 0. The van der Waals surface area contributed by atoms with Gasteiger partial charge in [0.15, 0.2) is 0 Å². The van der Waals surface area contributed by atoms with Gasteiger partial charge in [-0.3, -0.25) is 0 Å². The van der Waals surface area contributed by atoms with Gasteiger partial charge in [0.1, 0.15) is 0 Å². The van der Waals surface area contributed by atoms with E-state index in [9.17, 15) is 0 Å². The minimum Gasteiger partial charge on any atom is 0 e. The smallest absolute Gasteiger partial charge is 0 e. The normalized spacial score (nSPS) is 0. The van der Waals surface area contributed by atoms with Crippen molar-refractivity contribution >= 4 is 8.41 Å². The van der Waals surface area contributed by atoms with Crippen LogP contribution in [0, 0.1) is 0 Å². The zero-order valence-corrected chi connectivity index (χ0v) is 6.47. The second-order valence-corrected chi connectivity index (χ2v) is 0. The Bertz CT molecular complexity index is 8.00. The summed E-state index contributed by atoms with van der Waals surface area (Å²) in [5.74, 6) is 0. The molecular formula is BCuNiW. The van der Waals surface area contributed by atoms with E-state index in [1.807, 2.05) is 0 Å². The van der Waals surface area contributed by atoms with Crippen molar-refractivity contribution in [1.82, 2.24) is 0 Å². The summed E-state index contributed by atoms with van der Waals surface area (Å²) >= 11 is 0. The topological polar surface area (TPSA) is 0 Å². The van der Waals surface area contributed by atoms with Crippen LogP contribution in [0.5, 0.6) is 0 Å². The molecule has 0 aliphatic rings. The van der Waals surface area contributed by atoms with Gasteiger partial charge < -0.3 is 0 Å². The van der Waals surface area contributed by atoms with Crippen molar-refractivity contribution in [1.29, 1.82) is 0 Å². The Balaban J connectivity index is 0. The first-order valence-electron chi connectivity index (χ1n) is 0. The summed E-state index contributed by atoms with van der Waals surface area (Å²) in [4.78, 5) is 0. The van der Waals surface area contributed by atoms with E-state index in [1.165, 1.54) is 0 Å². The standard InChI is InChI=1S/B.Cu.Ni.W. The quantitative estimate of drug-likeness (QED) is 0.534. The van der Waals surface area contributed by atoms with Crippen LogP contribution in [0.25, 0.3) is 0 Å². The van der Waals surface area contributed by atoms with E-state index in [0.29, 0.717) is 0 Å². The van der Waals surface area contributed by atoms with Gasteiger partial charge in [-0.1, -0.05) is 0 Å². The van der Waals surface area contributed by atoms with Crippen LogP contribution < -0.4 is 0 Å². The fraction of sp³-hybridized carbons (Fsp3) is 0. The fourth-order valence-corrected chi connectivity index (χ4v) is 0. The monoisotopic (exact) mass is 316 g/mol.